The smallest absolute Gasteiger partial charge is 0.408 e. The van der Waals surface area contributed by atoms with E-state index in [4.69, 9.17) is 4.74 Å². The molecule has 0 heterocycles. The summed E-state index contributed by atoms with van der Waals surface area (Å²) < 4.78 is 5.30. The third-order valence-electron chi connectivity index (χ3n) is 4.46. The average molecular weight is 317 g/mol. The highest BCUT2D eigenvalue weighted by Gasteiger charge is 2.18. The van der Waals surface area contributed by atoms with Gasteiger partial charge in [-0.2, -0.15) is 0 Å². The highest BCUT2D eigenvalue weighted by Crippen LogP contribution is 2.27. The lowest BCUT2D eigenvalue weighted by Crippen LogP contribution is -2.34. The predicted molar refractivity (Wildman–Crippen MR) is 94.5 cm³/mol. The van der Waals surface area contributed by atoms with Gasteiger partial charge >= 0.3 is 6.09 Å². The van der Waals surface area contributed by atoms with Crippen molar-refractivity contribution in [3.05, 3.63) is 35.4 Å². The summed E-state index contributed by atoms with van der Waals surface area (Å²) in [6, 6.07) is 8.61. The molecule has 1 fully saturated rings. The maximum Gasteiger partial charge on any atom is 0.408 e. The number of amides is 1. The molecule has 3 nitrogen and oxygen atoms in total. The van der Waals surface area contributed by atoms with Crippen LogP contribution in [-0.2, 0) is 11.2 Å². The van der Waals surface area contributed by atoms with E-state index in [-0.39, 0.29) is 12.1 Å². The van der Waals surface area contributed by atoms with Gasteiger partial charge in [-0.15, -0.1) is 0 Å². The van der Waals surface area contributed by atoms with Gasteiger partial charge in [0.1, 0.15) is 5.60 Å². The van der Waals surface area contributed by atoms with Crippen molar-refractivity contribution in [2.75, 3.05) is 0 Å². The number of rotatable bonds is 4. The van der Waals surface area contributed by atoms with E-state index < -0.39 is 5.60 Å². The van der Waals surface area contributed by atoms with Gasteiger partial charge in [-0.25, -0.2) is 4.79 Å². The number of carbonyl (C=O) groups is 1. The van der Waals surface area contributed by atoms with Crippen LogP contribution >= 0.6 is 0 Å². The van der Waals surface area contributed by atoms with Crippen molar-refractivity contribution in [3.8, 4) is 0 Å². The summed E-state index contributed by atoms with van der Waals surface area (Å²) in [4.78, 5) is 11.8. The van der Waals surface area contributed by atoms with Crippen LogP contribution < -0.4 is 5.32 Å². The third-order valence-corrected chi connectivity index (χ3v) is 4.46. The average Bonchev–Trinajstić information content (AvgIpc) is 2.47. The lowest BCUT2D eigenvalue weighted by Gasteiger charge is -2.23. The molecule has 1 N–H and O–H groups in total. The molecular formula is C20H31NO2. The topological polar surface area (TPSA) is 38.3 Å². The van der Waals surface area contributed by atoms with Gasteiger partial charge in [0.25, 0.3) is 0 Å². The Kier molecular flexibility index (Phi) is 6.09. The number of alkyl carbamates (subject to hydrolysis) is 1. The minimum absolute atomic E-state index is 0.0476. The van der Waals surface area contributed by atoms with Crippen molar-refractivity contribution in [2.24, 2.45) is 5.92 Å². The molecule has 23 heavy (non-hydrogen) atoms. The summed E-state index contributed by atoms with van der Waals surface area (Å²) in [7, 11) is 0. The SMILES string of the molecule is C[C@H](NC(=O)OC(C)(C)C)c1ccc(CC2CCCCC2)cc1. The first-order valence-corrected chi connectivity index (χ1v) is 8.92. The molecular weight excluding hydrogens is 286 g/mol. The number of nitrogens with one attached hydrogen (secondary N) is 1. The van der Waals surface area contributed by atoms with E-state index >= 15 is 0 Å². The molecule has 1 aromatic carbocycles. The van der Waals surface area contributed by atoms with Crippen molar-refractivity contribution in [2.45, 2.75) is 77.9 Å². The standard InChI is InChI=1S/C20H31NO2/c1-15(21-19(22)23-20(2,3)4)18-12-10-17(11-13-18)14-16-8-6-5-7-9-16/h10-13,15-16H,5-9,14H2,1-4H3,(H,21,22)/t15-/m0/s1. The van der Waals surface area contributed by atoms with Crippen molar-refractivity contribution in [3.63, 3.8) is 0 Å². The molecule has 0 aromatic heterocycles. The van der Waals surface area contributed by atoms with Crippen LogP contribution in [-0.4, -0.2) is 11.7 Å². The molecule has 0 bridgehead atoms. The Morgan fingerprint density at radius 2 is 1.78 bits per heavy atom. The Bertz CT molecular complexity index is 495. The monoisotopic (exact) mass is 317 g/mol. The van der Waals surface area contributed by atoms with Crippen LogP contribution in [0.25, 0.3) is 0 Å². The number of hydrogen-bond donors (Lipinski definition) is 1. The first kappa shape index (κ1) is 17.8. The summed E-state index contributed by atoms with van der Waals surface area (Å²) in [6.45, 7) is 7.60. The molecule has 128 valence electrons. The second-order valence-electron chi connectivity index (χ2n) is 7.82. The first-order valence-electron chi connectivity index (χ1n) is 8.92. The van der Waals surface area contributed by atoms with Crippen molar-refractivity contribution < 1.29 is 9.53 Å². The third kappa shape index (κ3) is 6.25. The second-order valence-corrected chi connectivity index (χ2v) is 7.82. The molecule has 2 rings (SSSR count). The largest absolute Gasteiger partial charge is 0.444 e. The summed E-state index contributed by atoms with van der Waals surface area (Å²) in [5.74, 6) is 0.854. The summed E-state index contributed by atoms with van der Waals surface area (Å²) in [5, 5.41) is 2.89. The quantitative estimate of drug-likeness (QED) is 0.808. The minimum atomic E-state index is -0.465. The molecule has 0 saturated heterocycles. The van der Waals surface area contributed by atoms with E-state index in [9.17, 15) is 4.79 Å². The summed E-state index contributed by atoms with van der Waals surface area (Å²) in [6.07, 6.45) is 7.75. The molecule has 1 aliphatic rings. The Morgan fingerprint density at radius 1 is 1.17 bits per heavy atom. The zero-order valence-corrected chi connectivity index (χ0v) is 15.0. The zero-order chi connectivity index (χ0) is 16.9. The van der Waals surface area contributed by atoms with Crippen LogP contribution in [0.4, 0.5) is 4.79 Å². The van der Waals surface area contributed by atoms with Crippen molar-refractivity contribution in [1.82, 2.24) is 5.32 Å². The highest BCUT2D eigenvalue weighted by molar-refractivity contribution is 5.68. The normalized spacial score (nSPS) is 17.6. The second kappa shape index (κ2) is 7.85. The Hall–Kier alpha value is -1.51. The Labute approximate surface area is 140 Å². The van der Waals surface area contributed by atoms with Crippen LogP contribution in [0.2, 0.25) is 0 Å². The predicted octanol–water partition coefficient (Wildman–Crippen LogP) is 5.40. The first-order chi connectivity index (χ1) is 10.8. The fraction of sp³-hybridized carbons (Fsp3) is 0.650. The minimum Gasteiger partial charge on any atom is -0.444 e. The van der Waals surface area contributed by atoms with Gasteiger partial charge in [0.2, 0.25) is 0 Å². The van der Waals surface area contributed by atoms with E-state index in [1.165, 1.54) is 44.1 Å². The van der Waals surface area contributed by atoms with Crippen LogP contribution in [0.1, 0.15) is 77.0 Å². The summed E-state index contributed by atoms with van der Waals surface area (Å²) in [5.41, 5.74) is 2.06. The van der Waals surface area contributed by atoms with Gasteiger partial charge in [-0.05, 0) is 51.2 Å². The van der Waals surface area contributed by atoms with Crippen molar-refractivity contribution in [1.29, 1.82) is 0 Å². The molecule has 1 atom stereocenters. The van der Waals surface area contributed by atoms with E-state index in [1.54, 1.807) is 0 Å². The molecule has 1 aliphatic carbocycles. The van der Waals surface area contributed by atoms with E-state index in [0.717, 1.165) is 11.5 Å². The van der Waals surface area contributed by atoms with Gasteiger partial charge < -0.3 is 10.1 Å². The fourth-order valence-corrected chi connectivity index (χ4v) is 3.23. The van der Waals surface area contributed by atoms with Gasteiger partial charge in [0, 0.05) is 0 Å². The van der Waals surface area contributed by atoms with Gasteiger partial charge in [-0.1, -0.05) is 56.4 Å². The highest BCUT2D eigenvalue weighted by atomic mass is 16.6. The molecule has 0 spiro atoms. The van der Waals surface area contributed by atoms with Crippen molar-refractivity contribution >= 4 is 6.09 Å². The van der Waals surface area contributed by atoms with Gasteiger partial charge in [-0.3, -0.25) is 0 Å². The van der Waals surface area contributed by atoms with Gasteiger partial charge in [0.15, 0.2) is 0 Å². The lowest BCUT2D eigenvalue weighted by atomic mass is 9.85. The Balaban J connectivity index is 1.86. The molecule has 0 radical (unpaired) electrons. The molecule has 1 amide bonds. The van der Waals surface area contributed by atoms with Crippen LogP contribution in [0.5, 0.6) is 0 Å². The summed E-state index contributed by atoms with van der Waals surface area (Å²) >= 11 is 0. The number of ether oxygens (including phenoxy) is 1. The van der Waals surface area contributed by atoms with Crippen LogP contribution in [0.3, 0.4) is 0 Å². The fourth-order valence-electron chi connectivity index (χ4n) is 3.23. The number of hydrogen-bond acceptors (Lipinski definition) is 2. The molecule has 1 aromatic rings. The van der Waals surface area contributed by atoms with E-state index in [1.807, 2.05) is 27.7 Å². The lowest BCUT2D eigenvalue weighted by molar-refractivity contribution is 0.0508. The maximum atomic E-state index is 11.8. The van der Waals surface area contributed by atoms with Crippen LogP contribution in [0.15, 0.2) is 24.3 Å². The molecule has 1 saturated carbocycles. The number of benzene rings is 1. The number of carbonyl (C=O) groups excluding carboxylic acids is 1. The maximum absolute atomic E-state index is 11.8. The van der Waals surface area contributed by atoms with Gasteiger partial charge in [0.05, 0.1) is 6.04 Å². The van der Waals surface area contributed by atoms with E-state index in [2.05, 4.69) is 29.6 Å². The molecule has 3 heteroatoms. The zero-order valence-electron chi connectivity index (χ0n) is 15.0. The molecule has 0 unspecified atom stereocenters. The molecule has 0 aliphatic heterocycles. The van der Waals surface area contributed by atoms with E-state index in [0.29, 0.717) is 0 Å². The Morgan fingerprint density at radius 3 is 2.35 bits per heavy atom. The van der Waals surface area contributed by atoms with Crippen LogP contribution in [0, 0.1) is 5.92 Å².